The Morgan fingerprint density at radius 3 is 2.70 bits per heavy atom. The van der Waals surface area contributed by atoms with Crippen LogP contribution in [0.15, 0.2) is 24.3 Å². The molecule has 1 aromatic rings. The Morgan fingerprint density at radius 1 is 1.22 bits per heavy atom. The molecule has 5 nitrogen and oxygen atoms in total. The molecule has 0 bridgehead atoms. The van der Waals surface area contributed by atoms with E-state index in [1.807, 2.05) is 13.8 Å². The largest absolute Gasteiger partial charge is 0.327 e. The van der Waals surface area contributed by atoms with E-state index in [1.165, 1.54) is 4.90 Å². The normalized spacial score (nSPS) is 21.1. The minimum absolute atomic E-state index is 0.140. The van der Waals surface area contributed by atoms with Crippen molar-refractivity contribution < 1.29 is 14.4 Å². The fraction of sp³-hybridized carbons (Fsp3) is 0.500. The SMILES string of the molecule is CC(C)CC(=O)N1C(=O)C2CCCCN2C(=O)c2ccccc21. The molecular formula is C18H22N2O3. The zero-order valence-electron chi connectivity index (χ0n) is 13.6. The van der Waals surface area contributed by atoms with Crippen LogP contribution >= 0.6 is 0 Å². The monoisotopic (exact) mass is 314 g/mol. The summed E-state index contributed by atoms with van der Waals surface area (Å²) in [5.74, 6) is -0.464. The summed E-state index contributed by atoms with van der Waals surface area (Å²) in [6.07, 6.45) is 2.73. The van der Waals surface area contributed by atoms with Crippen LogP contribution in [-0.4, -0.2) is 35.2 Å². The van der Waals surface area contributed by atoms with Gasteiger partial charge in [-0.05, 0) is 37.3 Å². The topological polar surface area (TPSA) is 57.7 Å². The molecule has 5 heteroatoms. The highest BCUT2D eigenvalue weighted by Gasteiger charge is 2.42. The Bertz CT molecular complexity index is 653. The predicted octanol–water partition coefficient (Wildman–Crippen LogP) is 2.60. The van der Waals surface area contributed by atoms with E-state index in [9.17, 15) is 14.4 Å². The molecule has 1 fully saturated rings. The molecule has 23 heavy (non-hydrogen) atoms. The average Bonchev–Trinajstić information content (AvgIpc) is 2.62. The number of hydrogen-bond acceptors (Lipinski definition) is 3. The number of hydrogen-bond donors (Lipinski definition) is 0. The number of benzene rings is 1. The lowest BCUT2D eigenvalue weighted by Crippen LogP contribution is -2.52. The quantitative estimate of drug-likeness (QED) is 0.843. The minimum Gasteiger partial charge on any atom is -0.327 e. The number of carbonyl (C=O) groups is 3. The highest BCUT2D eigenvalue weighted by atomic mass is 16.2. The molecule has 2 aliphatic heterocycles. The maximum atomic E-state index is 13.0. The first kappa shape index (κ1) is 15.7. The Morgan fingerprint density at radius 2 is 1.96 bits per heavy atom. The van der Waals surface area contributed by atoms with Gasteiger partial charge in [0, 0.05) is 13.0 Å². The Hall–Kier alpha value is -2.17. The standard InChI is InChI=1S/C18H22N2O3/c1-12(2)11-16(21)20-14-8-4-3-7-13(14)17(22)19-10-6-5-9-15(19)18(20)23/h3-4,7-8,12,15H,5-6,9-11H2,1-2H3. The number of para-hydroxylation sites is 1. The molecule has 2 aliphatic rings. The number of piperidine rings is 1. The first-order valence-corrected chi connectivity index (χ1v) is 8.27. The van der Waals surface area contributed by atoms with Crippen LogP contribution in [-0.2, 0) is 9.59 Å². The molecule has 1 atom stereocenters. The van der Waals surface area contributed by atoms with E-state index in [2.05, 4.69) is 0 Å². The molecule has 0 aliphatic carbocycles. The van der Waals surface area contributed by atoms with Gasteiger partial charge >= 0.3 is 0 Å². The molecule has 0 spiro atoms. The summed E-state index contributed by atoms with van der Waals surface area (Å²) in [7, 11) is 0. The second-order valence-electron chi connectivity index (χ2n) is 6.69. The van der Waals surface area contributed by atoms with Gasteiger partial charge in [-0.1, -0.05) is 26.0 Å². The second kappa shape index (κ2) is 6.14. The van der Waals surface area contributed by atoms with E-state index in [0.717, 1.165) is 12.8 Å². The Labute approximate surface area is 136 Å². The van der Waals surface area contributed by atoms with E-state index in [4.69, 9.17) is 0 Å². The smallest absolute Gasteiger partial charge is 0.256 e. The number of nitrogens with zero attached hydrogens (tertiary/aromatic N) is 2. The van der Waals surface area contributed by atoms with Gasteiger partial charge in [-0.3, -0.25) is 14.4 Å². The summed E-state index contributed by atoms with van der Waals surface area (Å²) in [6, 6.07) is 6.43. The third-order valence-electron chi connectivity index (χ3n) is 4.48. The van der Waals surface area contributed by atoms with Crippen LogP contribution < -0.4 is 4.90 Å². The minimum atomic E-state index is -0.514. The molecule has 2 heterocycles. The summed E-state index contributed by atoms with van der Waals surface area (Å²) in [4.78, 5) is 41.5. The van der Waals surface area contributed by atoms with Gasteiger partial charge in [0.05, 0.1) is 11.3 Å². The zero-order chi connectivity index (χ0) is 16.6. The highest BCUT2D eigenvalue weighted by Crippen LogP contribution is 2.32. The van der Waals surface area contributed by atoms with E-state index < -0.39 is 6.04 Å². The molecule has 0 radical (unpaired) electrons. The lowest BCUT2D eigenvalue weighted by atomic mass is 10.0. The second-order valence-corrected chi connectivity index (χ2v) is 6.69. The van der Waals surface area contributed by atoms with Crippen molar-refractivity contribution in [2.45, 2.75) is 45.6 Å². The summed E-state index contributed by atoms with van der Waals surface area (Å²) in [5.41, 5.74) is 0.880. The molecule has 3 rings (SSSR count). The summed E-state index contributed by atoms with van der Waals surface area (Å²) >= 11 is 0. The highest BCUT2D eigenvalue weighted by molar-refractivity contribution is 6.22. The molecule has 1 aromatic carbocycles. The molecule has 1 saturated heterocycles. The van der Waals surface area contributed by atoms with Crippen LogP contribution in [0.4, 0.5) is 5.69 Å². The maximum Gasteiger partial charge on any atom is 0.256 e. The summed E-state index contributed by atoms with van der Waals surface area (Å²) < 4.78 is 0. The summed E-state index contributed by atoms with van der Waals surface area (Å²) in [6.45, 7) is 4.48. The van der Waals surface area contributed by atoms with Crippen molar-refractivity contribution in [2.75, 3.05) is 11.4 Å². The maximum absolute atomic E-state index is 13.0. The third-order valence-corrected chi connectivity index (χ3v) is 4.48. The lowest BCUT2D eigenvalue weighted by Gasteiger charge is -2.34. The van der Waals surface area contributed by atoms with Gasteiger partial charge in [0.2, 0.25) is 5.91 Å². The lowest BCUT2D eigenvalue weighted by molar-refractivity contribution is -0.130. The molecule has 3 amide bonds. The number of carbonyl (C=O) groups excluding carboxylic acids is 3. The predicted molar refractivity (Wildman–Crippen MR) is 87.1 cm³/mol. The molecule has 0 saturated carbocycles. The Kier molecular flexibility index (Phi) is 4.20. The van der Waals surface area contributed by atoms with Gasteiger partial charge in [-0.2, -0.15) is 0 Å². The van der Waals surface area contributed by atoms with Crippen molar-refractivity contribution in [1.29, 1.82) is 0 Å². The zero-order valence-corrected chi connectivity index (χ0v) is 13.6. The van der Waals surface area contributed by atoms with Crippen molar-refractivity contribution in [3.63, 3.8) is 0 Å². The van der Waals surface area contributed by atoms with Crippen molar-refractivity contribution in [3.8, 4) is 0 Å². The van der Waals surface area contributed by atoms with Gasteiger partial charge in [0.15, 0.2) is 0 Å². The van der Waals surface area contributed by atoms with Gasteiger partial charge in [0.25, 0.3) is 11.8 Å². The fourth-order valence-corrected chi connectivity index (χ4v) is 3.40. The molecule has 1 unspecified atom stereocenters. The first-order valence-electron chi connectivity index (χ1n) is 8.27. The number of anilines is 1. The van der Waals surface area contributed by atoms with Crippen molar-refractivity contribution in [2.24, 2.45) is 5.92 Å². The van der Waals surface area contributed by atoms with Gasteiger partial charge in [0.1, 0.15) is 6.04 Å². The van der Waals surface area contributed by atoms with E-state index in [1.54, 1.807) is 29.2 Å². The van der Waals surface area contributed by atoms with Gasteiger partial charge in [-0.25, -0.2) is 4.90 Å². The fourth-order valence-electron chi connectivity index (χ4n) is 3.40. The number of amides is 3. The van der Waals surface area contributed by atoms with Crippen LogP contribution in [0.2, 0.25) is 0 Å². The van der Waals surface area contributed by atoms with Crippen LogP contribution in [0.3, 0.4) is 0 Å². The van der Waals surface area contributed by atoms with Crippen LogP contribution in [0.1, 0.15) is 49.9 Å². The van der Waals surface area contributed by atoms with Gasteiger partial charge < -0.3 is 4.90 Å². The number of imide groups is 1. The number of rotatable bonds is 2. The first-order chi connectivity index (χ1) is 11.0. The van der Waals surface area contributed by atoms with Crippen molar-refractivity contribution >= 4 is 23.4 Å². The van der Waals surface area contributed by atoms with E-state index in [0.29, 0.717) is 30.6 Å². The molecule has 122 valence electrons. The third kappa shape index (κ3) is 2.76. The van der Waals surface area contributed by atoms with Crippen LogP contribution in [0, 0.1) is 5.92 Å². The average molecular weight is 314 g/mol. The van der Waals surface area contributed by atoms with Crippen LogP contribution in [0.5, 0.6) is 0 Å². The molecular weight excluding hydrogens is 292 g/mol. The van der Waals surface area contributed by atoms with Gasteiger partial charge in [-0.15, -0.1) is 0 Å². The number of fused-ring (bicyclic) bond motifs is 2. The van der Waals surface area contributed by atoms with Crippen LogP contribution in [0.25, 0.3) is 0 Å². The van der Waals surface area contributed by atoms with Crippen molar-refractivity contribution in [3.05, 3.63) is 29.8 Å². The summed E-state index contributed by atoms with van der Waals surface area (Å²) in [5, 5.41) is 0. The Balaban J connectivity index is 2.10. The van der Waals surface area contributed by atoms with E-state index in [-0.39, 0.29) is 23.6 Å². The molecule has 0 N–H and O–H groups in total. The molecule has 0 aromatic heterocycles. The van der Waals surface area contributed by atoms with Crippen molar-refractivity contribution in [1.82, 2.24) is 4.90 Å². The van der Waals surface area contributed by atoms with E-state index >= 15 is 0 Å².